The number of fused-ring (bicyclic) bond motifs is 1. The van der Waals surface area contributed by atoms with Crippen molar-refractivity contribution in [1.29, 1.82) is 0 Å². The van der Waals surface area contributed by atoms with E-state index in [0.29, 0.717) is 12.2 Å². The van der Waals surface area contributed by atoms with Crippen molar-refractivity contribution in [2.75, 3.05) is 13.2 Å². The van der Waals surface area contributed by atoms with Crippen LogP contribution in [0.5, 0.6) is 0 Å². The maximum atomic E-state index is 12.1. The summed E-state index contributed by atoms with van der Waals surface area (Å²) in [4.78, 5) is 11.6. The van der Waals surface area contributed by atoms with Gasteiger partial charge in [-0.15, -0.1) is 0 Å². The third-order valence-corrected chi connectivity index (χ3v) is 4.82. The Labute approximate surface area is 112 Å². The largest absolute Gasteiger partial charge is 0.465 e. The van der Waals surface area contributed by atoms with Crippen LogP contribution < -0.4 is 5.32 Å². The number of ether oxygens (including phenoxy) is 1. The van der Waals surface area contributed by atoms with Gasteiger partial charge >= 0.3 is 5.97 Å². The lowest BCUT2D eigenvalue weighted by Crippen LogP contribution is -2.28. The molecule has 0 spiro atoms. The van der Waals surface area contributed by atoms with Crippen LogP contribution in [-0.4, -0.2) is 27.5 Å². The topological polar surface area (TPSA) is 72.5 Å². The molecule has 1 aliphatic rings. The molecule has 1 aromatic carbocycles. The Kier molecular flexibility index (Phi) is 3.73. The average molecular weight is 281 g/mol. The fourth-order valence-corrected chi connectivity index (χ4v) is 3.61. The van der Waals surface area contributed by atoms with Gasteiger partial charge in [0, 0.05) is 0 Å². The normalized spacial score (nSPS) is 20.1. The molecule has 0 aliphatic carbocycles. The fourth-order valence-electron chi connectivity index (χ4n) is 2.05. The van der Waals surface area contributed by atoms with E-state index in [0.717, 1.165) is 0 Å². The van der Waals surface area contributed by atoms with Gasteiger partial charge in [0.1, 0.15) is 0 Å². The van der Waals surface area contributed by atoms with Crippen LogP contribution in [0.15, 0.2) is 40.6 Å². The number of carbonyl (C=O) groups excluding carboxylic acids is 1. The van der Waals surface area contributed by atoms with Gasteiger partial charge in [0.05, 0.1) is 29.0 Å². The van der Waals surface area contributed by atoms with Gasteiger partial charge in [0.15, 0.2) is 0 Å². The number of carbonyl (C=O) groups is 1. The summed E-state index contributed by atoms with van der Waals surface area (Å²) in [7, 11) is -3.50. The molecule has 0 saturated carbocycles. The third-order valence-electron chi connectivity index (χ3n) is 2.94. The second-order valence-corrected chi connectivity index (χ2v) is 6.10. The summed E-state index contributed by atoms with van der Waals surface area (Å²) >= 11 is 0. The monoisotopic (exact) mass is 281 g/mol. The first-order chi connectivity index (χ1) is 8.98. The molecule has 0 amide bonds. The second kappa shape index (κ2) is 5.14. The second-order valence-electron chi connectivity index (χ2n) is 4.13. The Morgan fingerprint density at radius 1 is 1.42 bits per heavy atom. The molecule has 0 radical (unpaired) electrons. The highest BCUT2D eigenvalue weighted by atomic mass is 32.2. The van der Waals surface area contributed by atoms with E-state index in [1.54, 1.807) is 31.2 Å². The van der Waals surface area contributed by atoms with E-state index < -0.39 is 21.8 Å². The quantitative estimate of drug-likeness (QED) is 0.839. The zero-order valence-corrected chi connectivity index (χ0v) is 11.4. The summed E-state index contributed by atoms with van der Waals surface area (Å²) in [5.41, 5.74) is 0.622. The van der Waals surface area contributed by atoms with Crippen LogP contribution in [0, 0.1) is 0 Å². The average Bonchev–Trinajstić information content (AvgIpc) is 2.57. The SMILES string of the molecule is C=C1C(NCC(=O)OCC)c2ccccc2S1(=O)=O. The molecule has 1 atom stereocenters. The highest BCUT2D eigenvalue weighted by molar-refractivity contribution is 7.95. The molecular formula is C13H15NO4S. The van der Waals surface area contributed by atoms with Crippen molar-refractivity contribution in [3.63, 3.8) is 0 Å². The van der Waals surface area contributed by atoms with Crippen LogP contribution in [0.3, 0.4) is 0 Å². The zero-order chi connectivity index (χ0) is 14.0. The molecule has 102 valence electrons. The number of rotatable bonds is 4. The summed E-state index contributed by atoms with van der Waals surface area (Å²) in [5, 5.41) is 2.87. The number of nitrogens with one attached hydrogen (secondary N) is 1. The Hall–Kier alpha value is -1.66. The van der Waals surface area contributed by atoms with Crippen molar-refractivity contribution >= 4 is 15.8 Å². The van der Waals surface area contributed by atoms with Crippen molar-refractivity contribution in [2.45, 2.75) is 17.9 Å². The van der Waals surface area contributed by atoms with E-state index >= 15 is 0 Å². The first-order valence-corrected chi connectivity index (χ1v) is 7.38. The van der Waals surface area contributed by atoms with Gasteiger partial charge in [0.25, 0.3) is 0 Å². The number of benzene rings is 1. The minimum atomic E-state index is -3.50. The molecule has 1 aromatic rings. The van der Waals surface area contributed by atoms with Crippen molar-refractivity contribution in [3.8, 4) is 0 Å². The van der Waals surface area contributed by atoms with Gasteiger partial charge in [0.2, 0.25) is 9.84 Å². The van der Waals surface area contributed by atoms with Crippen LogP contribution in [0.4, 0.5) is 0 Å². The molecule has 1 heterocycles. The van der Waals surface area contributed by atoms with Crippen LogP contribution in [0.1, 0.15) is 18.5 Å². The highest BCUT2D eigenvalue weighted by Crippen LogP contribution is 2.40. The molecule has 1 aliphatic heterocycles. The predicted octanol–water partition coefficient (Wildman–Crippen LogP) is 1.18. The number of hydrogen-bond acceptors (Lipinski definition) is 5. The van der Waals surface area contributed by atoms with E-state index in [1.807, 2.05) is 0 Å². The van der Waals surface area contributed by atoms with Gasteiger partial charge in [-0.3, -0.25) is 10.1 Å². The Morgan fingerprint density at radius 3 is 2.79 bits per heavy atom. The maximum Gasteiger partial charge on any atom is 0.319 e. The van der Waals surface area contributed by atoms with Crippen molar-refractivity contribution < 1.29 is 17.9 Å². The van der Waals surface area contributed by atoms with Gasteiger partial charge in [-0.1, -0.05) is 24.8 Å². The van der Waals surface area contributed by atoms with Gasteiger partial charge in [-0.25, -0.2) is 8.42 Å². The number of hydrogen-bond donors (Lipinski definition) is 1. The van der Waals surface area contributed by atoms with E-state index in [1.165, 1.54) is 0 Å². The van der Waals surface area contributed by atoms with E-state index in [-0.39, 0.29) is 16.3 Å². The van der Waals surface area contributed by atoms with Crippen LogP contribution in [-0.2, 0) is 19.4 Å². The molecule has 0 fully saturated rings. The predicted molar refractivity (Wildman–Crippen MR) is 70.1 cm³/mol. The first kappa shape index (κ1) is 13.8. The van der Waals surface area contributed by atoms with E-state index in [2.05, 4.69) is 11.9 Å². The number of esters is 1. The molecule has 19 heavy (non-hydrogen) atoms. The molecule has 1 N–H and O–H groups in total. The minimum Gasteiger partial charge on any atom is -0.465 e. The van der Waals surface area contributed by atoms with Crippen LogP contribution >= 0.6 is 0 Å². The van der Waals surface area contributed by atoms with Gasteiger partial charge in [-0.2, -0.15) is 0 Å². The highest BCUT2D eigenvalue weighted by Gasteiger charge is 2.38. The summed E-state index contributed by atoms with van der Waals surface area (Å²) in [6, 6.07) is 6.12. The number of sulfone groups is 1. The van der Waals surface area contributed by atoms with Crippen molar-refractivity contribution in [1.82, 2.24) is 5.32 Å². The Balaban J connectivity index is 2.24. The molecular weight excluding hydrogens is 266 g/mol. The molecule has 0 saturated heterocycles. The van der Waals surface area contributed by atoms with Gasteiger partial charge in [-0.05, 0) is 18.6 Å². The van der Waals surface area contributed by atoms with E-state index in [9.17, 15) is 13.2 Å². The van der Waals surface area contributed by atoms with Crippen LogP contribution in [0.2, 0.25) is 0 Å². The molecule has 5 nitrogen and oxygen atoms in total. The fraction of sp³-hybridized carbons (Fsp3) is 0.308. The standard InChI is InChI=1S/C13H15NO4S/c1-3-18-12(15)8-14-13-9(2)19(16,17)11-7-5-4-6-10(11)13/h4-7,13-14H,2-3,8H2,1H3. The summed E-state index contributed by atoms with van der Waals surface area (Å²) in [6.07, 6.45) is 0. The summed E-state index contributed by atoms with van der Waals surface area (Å²) < 4.78 is 29.0. The van der Waals surface area contributed by atoms with Crippen LogP contribution in [0.25, 0.3) is 0 Å². The Morgan fingerprint density at radius 2 is 2.11 bits per heavy atom. The lowest BCUT2D eigenvalue weighted by Gasteiger charge is -2.13. The van der Waals surface area contributed by atoms with Gasteiger partial charge < -0.3 is 4.74 Å². The minimum absolute atomic E-state index is 0.0542. The van der Waals surface area contributed by atoms with Crippen molar-refractivity contribution in [2.24, 2.45) is 0 Å². The zero-order valence-electron chi connectivity index (χ0n) is 10.5. The lowest BCUT2D eigenvalue weighted by molar-refractivity contribution is -0.142. The maximum absolute atomic E-state index is 12.1. The molecule has 6 heteroatoms. The first-order valence-electron chi connectivity index (χ1n) is 5.90. The Bertz CT molecular complexity index is 621. The molecule has 2 rings (SSSR count). The third kappa shape index (κ3) is 2.41. The lowest BCUT2D eigenvalue weighted by atomic mass is 10.1. The summed E-state index contributed by atoms with van der Waals surface area (Å²) in [5.74, 6) is -0.419. The molecule has 0 aromatic heterocycles. The van der Waals surface area contributed by atoms with E-state index in [4.69, 9.17) is 4.74 Å². The smallest absolute Gasteiger partial charge is 0.319 e. The molecule has 0 bridgehead atoms. The molecule has 1 unspecified atom stereocenters. The summed E-state index contributed by atoms with van der Waals surface area (Å²) in [6.45, 7) is 5.58. The van der Waals surface area contributed by atoms with Crippen molar-refractivity contribution in [3.05, 3.63) is 41.3 Å².